The van der Waals surface area contributed by atoms with Gasteiger partial charge in [-0.2, -0.15) is 0 Å². The maximum absolute atomic E-state index is 12.2. The summed E-state index contributed by atoms with van der Waals surface area (Å²) in [6.45, 7) is 1.32. The van der Waals surface area contributed by atoms with Crippen molar-refractivity contribution in [3.8, 4) is 17.2 Å². The zero-order valence-corrected chi connectivity index (χ0v) is 17.4. The van der Waals surface area contributed by atoms with Crippen LogP contribution in [0.3, 0.4) is 0 Å². The highest BCUT2D eigenvalue weighted by molar-refractivity contribution is 5.94. The second-order valence-corrected chi connectivity index (χ2v) is 6.74. The topological polar surface area (TPSA) is 99.6 Å². The Morgan fingerprint density at radius 1 is 0.875 bits per heavy atom. The summed E-state index contributed by atoms with van der Waals surface area (Å²) in [6, 6.07) is 19.0. The average Bonchev–Trinajstić information content (AvgIpc) is 2.80. The van der Waals surface area contributed by atoms with E-state index in [0.29, 0.717) is 33.8 Å². The van der Waals surface area contributed by atoms with E-state index in [1.165, 1.54) is 20.4 Å². The van der Waals surface area contributed by atoms with E-state index in [-0.39, 0.29) is 5.75 Å². The van der Waals surface area contributed by atoms with Crippen molar-refractivity contribution in [3.05, 3.63) is 78.6 Å². The van der Waals surface area contributed by atoms with Crippen molar-refractivity contribution in [2.24, 2.45) is 0 Å². The quantitative estimate of drug-likeness (QED) is 0.353. The fraction of sp³-hybridized carbons (Fsp3) is 0.0833. The molecule has 4 rings (SSSR count). The van der Waals surface area contributed by atoms with Crippen molar-refractivity contribution in [3.63, 3.8) is 0 Å². The van der Waals surface area contributed by atoms with Gasteiger partial charge in [0.2, 0.25) is 0 Å². The number of esters is 2. The number of hydrogen-bond acceptors (Lipinski definition) is 8. The van der Waals surface area contributed by atoms with Crippen molar-refractivity contribution >= 4 is 34.3 Å². The van der Waals surface area contributed by atoms with Gasteiger partial charge in [-0.1, -0.05) is 18.2 Å². The van der Waals surface area contributed by atoms with Crippen LogP contribution in [0.15, 0.2) is 73.1 Å². The summed E-state index contributed by atoms with van der Waals surface area (Å²) in [4.78, 5) is 32.2. The SMILES string of the molecule is COc1cc2ncnc(Nc3ccc(OC(=O)c4ccccc4)cc3)c2cc1OC(C)=O. The minimum Gasteiger partial charge on any atom is -0.493 e. The van der Waals surface area contributed by atoms with Crippen molar-refractivity contribution in [1.29, 1.82) is 0 Å². The Kier molecular flexibility index (Phi) is 5.94. The molecule has 0 atom stereocenters. The summed E-state index contributed by atoms with van der Waals surface area (Å²) in [5.41, 5.74) is 1.80. The van der Waals surface area contributed by atoms with Crippen LogP contribution in [0.1, 0.15) is 17.3 Å². The average molecular weight is 429 g/mol. The predicted molar refractivity (Wildman–Crippen MR) is 119 cm³/mol. The molecule has 4 aromatic rings. The molecular weight excluding hydrogens is 410 g/mol. The molecule has 32 heavy (non-hydrogen) atoms. The van der Waals surface area contributed by atoms with Gasteiger partial charge in [-0.3, -0.25) is 4.79 Å². The molecule has 1 heterocycles. The summed E-state index contributed by atoms with van der Waals surface area (Å²) in [6.07, 6.45) is 1.42. The van der Waals surface area contributed by atoms with Gasteiger partial charge in [-0.05, 0) is 42.5 Å². The third-order valence-corrected chi connectivity index (χ3v) is 4.51. The molecule has 0 aliphatic heterocycles. The zero-order valence-electron chi connectivity index (χ0n) is 17.4. The molecule has 0 saturated heterocycles. The molecular formula is C24H19N3O5. The minimum atomic E-state index is -0.463. The fourth-order valence-corrected chi connectivity index (χ4v) is 3.04. The molecule has 0 radical (unpaired) electrons. The maximum atomic E-state index is 12.2. The number of rotatable bonds is 6. The van der Waals surface area contributed by atoms with Crippen LogP contribution >= 0.6 is 0 Å². The first-order valence-corrected chi connectivity index (χ1v) is 9.69. The van der Waals surface area contributed by atoms with Crippen molar-refractivity contribution in [1.82, 2.24) is 9.97 Å². The number of anilines is 2. The highest BCUT2D eigenvalue weighted by Crippen LogP contribution is 2.35. The molecule has 0 spiro atoms. The van der Waals surface area contributed by atoms with Crippen LogP contribution < -0.4 is 19.5 Å². The van der Waals surface area contributed by atoms with E-state index in [0.717, 1.165) is 5.69 Å². The lowest BCUT2D eigenvalue weighted by Crippen LogP contribution is -2.08. The van der Waals surface area contributed by atoms with Gasteiger partial charge in [-0.15, -0.1) is 0 Å². The Hall–Kier alpha value is -4.46. The number of nitrogens with zero attached hydrogens (tertiary/aromatic N) is 2. The largest absolute Gasteiger partial charge is 0.493 e. The van der Waals surface area contributed by atoms with E-state index < -0.39 is 11.9 Å². The number of benzene rings is 3. The Morgan fingerprint density at radius 3 is 2.31 bits per heavy atom. The van der Waals surface area contributed by atoms with E-state index in [1.54, 1.807) is 60.7 Å². The first-order chi connectivity index (χ1) is 15.5. The molecule has 8 nitrogen and oxygen atoms in total. The van der Waals surface area contributed by atoms with Gasteiger partial charge < -0.3 is 19.5 Å². The molecule has 0 fully saturated rings. The van der Waals surface area contributed by atoms with E-state index >= 15 is 0 Å². The van der Waals surface area contributed by atoms with Crippen LogP contribution in [-0.2, 0) is 4.79 Å². The van der Waals surface area contributed by atoms with Crippen molar-refractivity contribution < 1.29 is 23.8 Å². The van der Waals surface area contributed by atoms with Crippen molar-refractivity contribution in [2.45, 2.75) is 6.92 Å². The van der Waals surface area contributed by atoms with Gasteiger partial charge in [0.15, 0.2) is 11.5 Å². The van der Waals surface area contributed by atoms with Gasteiger partial charge in [0.1, 0.15) is 17.9 Å². The Labute approximate surface area is 183 Å². The number of carbonyl (C=O) groups is 2. The van der Waals surface area contributed by atoms with Gasteiger partial charge in [-0.25, -0.2) is 14.8 Å². The third-order valence-electron chi connectivity index (χ3n) is 4.51. The van der Waals surface area contributed by atoms with E-state index in [1.807, 2.05) is 6.07 Å². The molecule has 1 aromatic heterocycles. The smallest absolute Gasteiger partial charge is 0.343 e. The first kappa shape index (κ1) is 20.8. The third kappa shape index (κ3) is 4.65. The lowest BCUT2D eigenvalue weighted by atomic mass is 10.2. The number of hydrogen-bond donors (Lipinski definition) is 1. The van der Waals surface area contributed by atoms with Crippen molar-refractivity contribution in [2.75, 3.05) is 12.4 Å². The van der Waals surface area contributed by atoms with Crippen LogP contribution in [0.5, 0.6) is 17.2 Å². The summed E-state index contributed by atoms with van der Waals surface area (Å²) in [5.74, 6) is 0.698. The number of ether oxygens (including phenoxy) is 3. The molecule has 160 valence electrons. The molecule has 8 heteroatoms. The molecule has 0 saturated carbocycles. The lowest BCUT2D eigenvalue weighted by Gasteiger charge is -2.12. The van der Waals surface area contributed by atoms with Gasteiger partial charge >= 0.3 is 11.9 Å². The lowest BCUT2D eigenvalue weighted by molar-refractivity contribution is -0.132. The van der Waals surface area contributed by atoms with Gasteiger partial charge in [0.25, 0.3) is 0 Å². The number of nitrogens with one attached hydrogen (secondary N) is 1. The number of aromatic nitrogens is 2. The van der Waals surface area contributed by atoms with Crippen LogP contribution in [0, 0.1) is 0 Å². The van der Waals surface area contributed by atoms with Crippen LogP contribution in [0.25, 0.3) is 10.9 Å². The van der Waals surface area contributed by atoms with Crippen LogP contribution in [0.4, 0.5) is 11.5 Å². The first-order valence-electron chi connectivity index (χ1n) is 9.69. The van der Waals surface area contributed by atoms with Gasteiger partial charge in [0, 0.05) is 24.1 Å². The molecule has 0 aliphatic rings. The minimum absolute atomic E-state index is 0.272. The number of carbonyl (C=O) groups excluding carboxylic acids is 2. The highest BCUT2D eigenvalue weighted by atomic mass is 16.6. The Bertz CT molecular complexity index is 1270. The standard InChI is InChI=1S/C24H19N3O5/c1-15(28)31-22-12-19-20(13-21(22)30-2)25-14-26-23(19)27-17-8-10-18(11-9-17)32-24(29)16-6-4-3-5-7-16/h3-14H,1-2H3,(H,25,26,27). The Balaban J connectivity index is 1.56. The summed E-state index contributed by atoms with van der Waals surface area (Å²) in [7, 11) is 1.49. The summed E-state index contributed by atoms with van der Waals surface area (Å²) in [5, 5.41) is 3.85. The monoisotopic (exact) mass is 429 g/mol. The predicted octanol–water partition coefficient (Wildman–Crippen LogP) is 4.53. The number of fused-ring (bicyclic) bond motifs is 1. The fourth-order valence-electron chi connectivity index (χ4n) is 3.04. The molecule has 3 aromatic carbocycles. The molecule has 0 unspecified atom stereocenters. The van der Waals surface area contributed by atoms with Crippen LogP contribution in [0.2, 0.25) is 0 Å². The Morgan fingerprint density at radius 2 is 1.62 bits per heavy atom. The number of methoxy groups -OCH3 is 1. The summed E-state index contributed by atoms with van der Waals surface area (Å²) >= 11 is 0. The van der Waals surface area contributed by atoms with Crippen LogP contribution in [-0.4, -0.2) is 29.0 Å². The summed E-state index contributed by atoms with van der Waals surface area (Å²) < 4.78 is 15.9. The molecule has 0 bridgehead atoms. The highest BCUT2D eigenvalue weighted by Gasteiger charge is 2.14. The van der Waals surface area contributed by atoms with Gasteiger partial charge in [0.05, 0.1) is 18.2 Å². The molecule has 0 aliphatic carbocycles. The maximum Gasteiger partial charge on any atom is 0.343 e. The van der Waals surface area contributed by atoms with E-state index in [9.17, 15) is 9.59 Å². The molecule has 0 amide bonds. The molecule has 1 N–H and O–H groups in total. The van der Waals surface area contributed by atoms with E-state index in [2.05, 4.69) is 15.3 Å². The second-order valence-electron chi connectivity index (χ2n) is 6.74. The second kappa shape index (κ2) is 9.13. The zero-order chi connectivity index (χ0) is 22.5. The van der Waals surface area contributed by atoms with E-state index in [4.69, 9.17) is 14.2 Å². The normalized spacial score (nSPS) is 10.4.